The zero-order valence-electron chi connectivity index (χ0n) is 15.2. The number of benzene rings is 2. The van der Waals surface area contributed by atoms with Crippen molar-refractivity contribution < 1.29 is 9.47 Å². The van der Waals surface area contributed by atoms with Gasteiger partial charge < -0.3 is 18.9 Å². The van der Waals surface area contributed by atoms with E-state index >= 15 is 0 Å². The number of hydrogen-bond donors (Lipinski definition) is 0. The molecule has 0 bridgehead atoms. The van der Waals surface area contributed by atoms with E-state index in [1.165, 1.54) is 25.9 Å². The van der Waals surface area contributed by atoms with E-state index in [0.717, 1.165) is 47.1 Å². The zero-order valence-corrected chi connectivity index (χ0v) is 15.2. The van der Waals surface area contributed by atoms with E-state index in [4.69, 9.17) is 19.5 Å². The standard InChI is InChI=1S/C21H22N4O2/c1-2-6-18-17(5-1)23-21(25(18)12-11-24-9-3-4-10-24)22-14-16-7-8-19-20(13-16)27-15-26-19/h1-2,5-8,13-14H,3-4,9-12,15H2. The monoisotopic (exact) mass is 362 g/mol. The van der Waals surface area contributed by atoms with Crippen LogP contribution in [0.4, 0.5) is 5.95 Å². The van der Waals surface area contributed by atoms with Crippen LogP contribution >= 0.6 is 0 Å². The van der Waals surface area contributed by atoms with Crippen molar-refractivity contribution in [3.8, 4) is 11.5 Å². The van der Waals surface area contributed by atoms with Crippen molar-refractivity contribution in [1.29, 1.82) is 0 Å². The molecule has 0 unspecified atom stereocenters. The Balaban J connectivity index is 1.43. The van der Waals surface area contributed by atoms with Crippen LogP contribution in [0.25, 0.3) is 11.0 Å². The predicted molar refractivity (Wildman–Crippen MR) is 105 cm³/mol. The molecule has 6 nitrogen and oxygen atoms in total. The van der Waals surface area contributed by atoms with Gasteiger partial charge in [0.15, 0.2) is 11.5 Å². The molecule has 3 aromatic rings. The molecule has 0 spiro atoms. The summed E-state index contributed by atoms with van der Waals surface area (Å²) in [5.74, 6) is 2.29. The lowest BCUT2D eigenvalue weighted by Gasteiger charge is -2.15. The number of fused-ring (bicyclic) bond motifs is 2. The smallest absolute Gasteiger partial charge is 0.231 e. The molecule has 2 aromatic carbocycles. The Morgan fingerprint density at radius 1 is 1.00 bits per heavy atom. The lowest BCUT2D eigenvalue weighted by Crippen LogP contribution is -2.24. The summed E-state index contributed by atoms with van der Waals surface area (Å²) in [7, 11) is 0. The molecule has 0 aliphatic carbocycles. The number of ether oxygens (including phenoxy) is 2. The highest BCUT2D eigenvalue weighted by Gasteiger charge is 2.15. The van der Waals surface area contributed by atoms with Crippen molar-refractivity contribution >= 4 is 23.2 Å². The van der Waals surface area contributed by atoms with Gasteiger partial charge in [0.05, 0.1) is 11.0 Å². The third kappa shape index (κ3) is 3.28. The first-order valence-corrected chi connectivity index (χ1v) is 9.48. The van der Waals surface area contributed by atoms with Gasteiger partial charge in [0.25, 0.3) is 0 Å². The number of aromatic nitrogens is 2. The second-order valence-electron chi connectivity index (χ2n) is 6.97. The quantitative estimate of drug-likeness (QED) is 0.651. The molecule has 0 radical (unpaired) electrons. The highest BCUT2D eigenvalue weighted by Crippen LogP contribution is 2.32. The number of para-hydroxylation sites is 2. The minimum absolute atomic E-state index is 0.280. The van der Waals surface area contributed by atoms with Crippen molar-refractivity contribution in [3.05, 3.63) is 48.0 Å². The van der Waals surface area contributed by atoms with Gasteiger partial charge in [-0.05, 0) is 61.8 Å². The SMILES string of the molecule is C(=Nc1nc2ccccc2n1CCN1CCCC1)c1ccc2c(c1)OCO2. The Hall–Kier alpha value is -2.86. The Morgan fingerprint density at radius 3 is 2.78 bits per heavy atom. The highest BCUT2D eigenvalue weighted by molar-refractivity contribution is 5.84. The van der Waals surface area contributed by atoms with Crippen LogP contribution in [0.2, 0.25) is 0 Å². The number of nitrogens with zero attached hydrogens (tertiary/aromatic N) is 4. The van der Waals surface area contributed by atoms with Crippen LogP contribution in [0.15, 0.2) is 47.5 Å². The summed E-state index contributed by atoms with van der Waals surface area (Å²) in [6.45, 7) is 4.61. The van der Waals surface area contributed by atoms with Gasteiger partial charge in [0.1, 0.15) is 0 Å². The fraction of sp³-hybridized carbons (Fsp3) is 0.333. The average molecular weight is 362 g/mol. The van der Waals surface area contributed by atoms with E-state index in [2.05, 4.69) is 21.6 Å². The third-order valence-electron chi connectivity index (χ3n) is 5.20. The number of aliphatic imine (C=N–C) groups is 1. The molecule has 1 fully saturated rings. The molecular weight excluding hydrogens is 340 g/mol. The van der Waals surface area contributed by atoms with Crippen molar-refractivity contribution in [3.63, 3.8) is 0 Å². The number of imidazole rings is 1. The molecule has 5 rings (SSSR count). The minimum Gasteiger partial charge on any atom is -0.454 e. The first-order valence-electron chi connectivity index (χ1n) is 9.48. The Labute approximate surface area is 158 Å². The Kier molecular flexibility index (Phi) is 4.26. The van der Waals surface area contributed by atoms with Gasteiger partial charge in [-0.15, -0.1) is 0 Å². The normalized spacial score (nSPS) is 16.7. The molecular formula is C21H22N4O2. The summed E-state index contributed by atoms with van der Waals surface area (Å²) in [5.41, 5.74) is 3.09. The van der Waals surface area contributed by atoms with Crippen LogP contribution in [0, 0.1) is 0 Å². The first-order chi connectivity index (χ1) is 13.4. The van der Waals surface area contributed by atoms with Crippen molar-refractivity contribution in [2.75, 3.05) is 26.4 Å². The summed E-state index contributed by atoms with van der Waals surface area (Å²) in [6, 6.07) is 14.1. The average Bonchev–Trinajstić information content (AvgIpc) is 3.43. The van der Waals surface area contributed by atoms with E-state index < -0.39 is 0 Å². The molecule has 2 aliphatic rings. The Morgan fingerprint density at radius 2 is 1.85 bits per heavy atom. The first kappa shape index (κ1) is 16.3. The van der Waals surface area contributed by atoms with Gasteiger partial charge in [0, 0.05) is 19.3 Å². The van der Waals surface area contributed by atoms with Crippen LogP contribution < -0.4 is 9.47 Å². The molecule has 0 saturated carbocycles. The molecule has 0 atom stereocenters. The van der Waals surface area contributed by atoms with E-state index in [9.17, 15) is 0 Å². The summed E-state index contributed by atoms with van der Waals surface area (Å²) in [6.07, 6.45) is 4.45. The molecule has 0 amide bonds. The van der Waals surface area contributed by atoms with Gasteiger partial charge >= 0.3 is 0 Å². The maximum absolute atomic E-state index is 5.45. The van der Waals surface area contributed by atoms with E-state index in [-0.39, 0.29) is 6.79 Å². The summed E-state index contributed by atoms with van der Waals surface area (Å²) in [4.78, 5) is 11.9. The van der Waals surface area contributed by atoms with Gasteiger partial charge in [-0.2, -0.15) is 0 Å². The minimum atomic E-state index is 0.280. The van der Waals surface area contributed by atoms with Crippen molar-refractivity contribution in [1.82, 2.24) is 14.5 Å². The highest BCUT2D eigenvalue weighted by atomic mass is 16.7. The number of likely N-dealkylation sites (tertiary alicyclic amines) is 1. The Bertz CT molecular complexity index is 989. The van der Waals surface area contributed by atoms with Crippen LogP contribution in [0.5, 0.6) is 11.5 Å². The summed E-state index contributed by atoms with van der Waals surface area (Å²) < 4.78 is 13.0. The molecule has 0 N–H and O–H groups in total. The molecule has 138 valence electrons. The van der Waals surface area contributed by atoms with Crippen molar-refractivity contribution in [2.24, 2.45) is 4.99 Å². The van der Waals surface area contributed by atoms with Gasteiger partial charge in [-0.3, -0.25) is 0 Å². The second kappa shape index (κ2) is 7.04. The van der Waals surface area contributed by atoms with Gasteiger partial charge in [-0.1, -0.05) is 12.1 Å². The maximum Gasteiger partial charge on any atom is 0.231 e. The number of rotatable bonds is 5. The van der Waals surface area contributed by atoms with Crippen LogP contribution in [-0.4, -0.2) is 47.1 Å². The zero-order chi connectivity index (χ0) is 18.1. The van der Waals surface area contributed by atoms with E-state index in [0.29, 0.717) is 0 Å². The van der Waals surface area contributed by atoms with Gasteiger partial charge in [-0.25, -0.2) is 9.98 Å². The maximum atomic E-state index is 5.45. The molecule has 2 aliphatic heterocycles. The summed E-state index contributed by atoms with van der Waals surface area (Å²) >= 11 is 0. The summed E-state index contributed by atoms with van der Waals surface area (Å²) in [5, 5.41) is 0. The molecule has 1 saturated heterocycles. The van der Waals surface area contributed by atoms with Crippen LogP contribution in [0.3, 0.4) is 0 Å². The van der Waals surface area contributed by atoms with E-state index in [1.807, 2.05) is 36.5 Å². The molecule has 1 aromatic heterocycles. The largest absolute Gasteiger partial charge is 0.454 e. The predicted octanol–water partition coefficient (Wildman–Crippen LogP) is 3.61. The molecule has 6 heteroatoms. The molecule has 27 heavy (non-hydrogen) atoms. The van der Waals surface area contributed by atoms with Crippen LogP contribution in [-0.2, 0) is 6.54 Å². The topological polar surface area (TPSA) is 51.9 Å². The third-order valence-corrected chi connectivity index (χ3v) is 5.20. The fourth-order valence-corrected chi connectivity index (χ4v) is 3.76. The molecule has 3 heterocycles. The van der Waals surface area contributed by atoms with Crippen molar-refractivity contribution in [2.45, 2.75) is 19.4 Å². The lowest BCUT2D eigenvalue weighted by atomic mass is 10.2. The fourth-order valence-electron chi connectivity index (χ4n) is 3.76. The van der Waals surface area contributed by atoms with E-state index in [1.54, 1.807) is 0 Å². The second-order valence-corrected chi connectivity index (χ2v) is 6.97. The lowest BCUT2D eigenvalue weighted by molar-refractivity contribution is 0.174. The number of hydrogen-bond acceptors (Lipinski definition) is 5. The van der Waals surface area contributed by atoms with Gasteiger partial charge in [0.2, 0.25) is 12.7 Å². The van der Waals surface area contributed by atoms with Crippen LogP contribution in [0.1, 0.15) is 18.4 Å².